The van der Waals surface area contributed by atoms with E-state index in [-0.39, 0.29) is 0 Å². The van der Waals surface area contributed by atoms with Crippen molar-refractivity contribution in [1.29, 1.82) is 0 Å². The summed E-state index contributed by atoms with van der Waals surface area (Å²) in [4.78, 5) is 33.9. The molecule has 0 fully saturated rings. The van der Waals surface area contributed by atoms with Crippen molar-refractivity contribution in [3.63, 3.8) is 0 Å². The lowest BCUT2D eigenvalue weighted by molar-refractivity contribution is 0.0846. The van der Waals surface area contributed by atoms with Gasteiger partial charge in [0.15, 0.2) is 0 Å². The van der Waals surface area contributed by atoms with E-state index >= 15 is 0 Å². The third-order valence-electron chi connectivity index (χ3n) is 4.96. The normalized spacial score (nSPS) is 10.8. The van der Waals surface area contributed by atoms with Gasteiger partial charge in [0.1, 0.15) is 18.2 Å². The molecular formula is C23H23N5O3S. The summed E-state index contributed by atoms with van der Waals surface area (Å²) < 4.78 is 7.79. The Kier molecular flexibility index (Phi) is 6.18. The van der Waals surface area contributed by atoms with Gasteiger partial charge in [0.2, 0.25) is 0 Å². The summed E-state index contributed by atoms with van der Waals surface area (Å²) in [6.07, 6.45) is 0. The zero-order chi connectivity index (χ0) is 22.7. The van der Waals surface area contributed by atoms with Crippen molar-refractivity contribution in [2.75, 3.05) is 0 Å². The van der Waals surface area contributed by atoms with Crippen LogP contribution in [0.1, 0.15) is 44.2 Å². The molecule has 2 aromatic carbocycles. The fraction of sp³-hybridized carbons (Fsp3) is 0.217. The predicted molar refractivity (Wildman–Crippen MR) is 123 cm³/mol. The number of hydrazine groups is 1. The number of nitrogens with zero attached hydrogens (tertiary/aromatic N) is 3. The van der Waals surface area contributed by atoms with Crippen LogP contribution >= 0.6 is 11.3 Å². The van der Waals surface area contributed by atoms with Crippen LogP contribution in [0.2, 0.25) is 0 Å². The molecular weight excluding hydrogens is 426 g/mol. The monoisotopic (exact) mass is 449 g/mol. The molecule has 164 valence electrons. The van der Waals surface area contributed by atoms with E-state index in [1.165, 1.54) is 0 Å². The second-order valence-electron chi connectivity index (χ2n) is 7.19. The highest BCUT2D eigenvalue weighted by atomic mass is 32.1. The number of aromatic nitrogens is 3. The first-order valence-electron chi connectivity index (χ1n) is 10.2. The van der Waals surface area contributed by atoms with E-state index in [0.717, 1.165) is 34.1 Å². The van der Waals surface area contributed by atoms with E-state index in [2.05, 4.69) is 25.4 Å². The highest BCUT2D eigenvalue weighted by molar-refractivity contribution is 7.09. The Balaban J connectivity index is 1.38. The van der Waals surface area contributed by atoms with Gasteiger partial charge in [-0.2, -0.15) is 0 Å². The molecule has 2 aromatic heterocycles. The maximum Gasteiger partial charge on any atom is 0.269 e. The second-order valence-corrected chi connectivity index (χ2v) is 8.25. The number of rotatable bonds is 6. The summed E-state index contributed by atoms with van der Waals surface area (Å²) >= 11 is 1.56. The van der Waals surface area contributed by atoms with E-state index in [1.54, 1.807) is 47.7 Å². The van der Waals surface area contributed by atoms with Gasteiger partial charge in [-0.25, -0.2) is 9.97 Å². The minimum atomic E-state index is -0.444. The molecule has 0 radical (unpaired) electrons. The molecule has 32 heavy (non-hydrogen) atoms. The number of thiazole rings is 1. The van der Waals surface area contributed by atoms with Crippen molar-refractivity contribution in [3.05, 3.63) is 75.5 Å². The summed E-state index contributed by atoms with van der Waals surface area (Å²) in [6.45, 7) is 7.03. The summed E-state index contributed by atoms with van der Waals surface area (Å²) in [6, 6.07) is 12.0. The Labute approximate surface area is 189 Å². The number of ether oxygens (including phenoxy) is 1. The molecule has 0 atom stereocenters. The molecule has 0 aliphatic carbocycles. The summed E-state index contributed by atoms with van der Waals surface area (Å²) in [5, 5.41) is 2.91. The van der Waals surface area contributed by atoms with Crippen LogP contribution in [0.25, 0.3) is 11.0 Å². The van der Waals surface area contributed by atoms with Gasteiger partial charge in [-0.1, -0.05) is 6.07 Å². The Morgan fingerprint density at radius 1 is 1.03 bits per heavy atom. The lowest BCUT2D eigenvalue weighted by atomic mass is 10.2. The van der Waals surface area contributed by atoms with Crippen LogP contribution in [-0.4, -0.2) is 26.3 Å². The van der Waals surface area contributed by atoms with Crippen LogP contribution in [0.15, 0.2) is 47.8 Å². The number of hydrogen-bond donors (Lipinski definition) is 2. The van der Waals surface area contributed by atoms with Crippen LogP contribution in [0.3, 0.4) is 0 Å². The predicted octanol–water partition coefficient (Wildman–Crippen LogP) is 3.78. The Hall–Kier alpha value is -3.72. The van der Waals surface area contributed by atoms with Crippen LogP contribution in [0.4, 0.5) is 0 Å². The van der Waals surface area contributed by atoms with Crippen LogP contribution < -0.4 is 15.6 Å². The largest absolute Gasteiger partial charge is 0.487 e. The van der Waals surface area contributed by atoms with Gasteiger partial charge in [0, 0.05) is 23.1 Å². The van der Waals surface area contributed by atoms with Gasteiger partial charge in [-0.05, 0) is 57.2 Å². The first kappa shape index (κ1) is 21.5. The molecule has 2 heterocycles. The summed E-state index contributed by atoms with van der Waals surface area (Å²) in [7, 11) is 0. The molecule has 2 N–H and O–H groups in total. The molecule has 0 spiro atoms. The molecule has 8 nitrogen and oxygen atoms in total. The van der Waals surface area contributed by atoms with Gasteiger partial charge in [0.25, 0.3) is 11.8 Å². The van der Waals surface area contributed by atoms with Crippen molar-refractivity contribution in [3.8, 4) is 5.75 Å². The zero-order valence-electron chi connectivity index (χ0n) is 18.0. The number of benzene rings is 2. The molecule has 0 bridgehead atoms. The van der Waals surface area contributed by atoms with Gasteiger partial charge in [0.05, 0.1) is 21.7 Å². The number of imidazole rings is 1. The molecule has 4 rings (SSSR count). The third-order valence-corrected chi connectivity index (χ3v) is 5.78. The highest BCUT2D eigenvalue weighted by Crippen LogP contribution is 2.18. The number of aryl methyl sites for hydroxylation is 3. The second kappa shape index (κ2) is 9.19. The standard InChI is InChI=1S/C23H23N5O3S/c1-4-28-14(2)24-20-11-17(8-9-21(20)28)23(30)27-26-22(29)16-6-5-7-19(10-16)31-12-18-13-32-15(3)25-18/h5-11,13H,4,12H2,1-3H3,(H,26,29)(H,27,30). The average Bonchev–Trinajstić information content (AvgIpc) is 3.36. The van der Waals surface area contributed by atoms with Crippen LogP contribution in [0.5, 0.6) is 5.75 Å². The van der Waals surface area contributed by atoms with E-state index in [0.29, 0.717) is 23.5 Å². The fourth-order valence-corrected chi connectivity index (χ4v) is 4.00. The smallest absolute Gasteiger partial charge is 0.269 e. The number of carbonyl (C=O) groups excluding carboxylic acids is 2. The lowest BCUT2D eigenvalue weighted by Crippen LogP contribution is -2.41. The van der Waals surface area contributed by atoms with E-state index in [1.807, 2.05) is 32.2 Å². The molecule has 0 saturated carbocycles. The number of amides is 2. The average molecular weight is 450 g/mol. The van der Waals surface area contributed by atoms with Crippen molar-refractivity contribution in [2.45, 2.75) is 33.9 Å². The number of nitrogens with one attached hydrogen (secondary N) is 2. The van der Waals surface area contributed by atoms with E-state index in [9.17, 15) is 9.59 Å². The molecule has 0 aliphatic heterocycles. The minimum absolute atomic E-state index is 0.321. The van der Waals surface area contributed by atoms with Gasteiger partial charge < -0.3 is 9.30 Å². The van der Waals surface area contributed by atoms with Crippen molar-refractivity contribution in [2.24, 2.45) is 0 Å². The molecule has 0 unspecified atom stereocenters. The lowest BCUT2D eigenvalue weighted by Gasteiger charge is -2.09. The summed E-state index contributed by atoms with van der Waals surface area (Å²) in [5.41, 5.74) is 8.22. The van der Waals surface area contributed by atoms with Crippen LogP contribution in [-0.2, 0) is 13.2 Å². The first-order valence-corrected chi connectivity index (χ1v) is 11.0. The number of carbonyl (C=O) groups is 2. The SMILES string of the molecule is CCn1c(C)nc2cc(C(=O)NNC(=O)c3cccc(OCc4csc(C)n4)c3)ccc21. The quantitative estimate of drug-likeness (QED) is 0.437. The van der Waals surface area contributed by atoms with Crippen molar-refractivity contribution < 1.29 is 14.3 Å². The first-order chi connectivity index (χ1) is 15.4. The molecule has 0 saturated heterocycles. The van der Waals surface area contributed by atoms with Crippen molar-refractivity contribution in [1.82, 2.24) is 25.4 Å². The van der Waals surface area contributed by atoms with E-state index < -0.39 is 11.8 Å². The van der Waals surface area contributed by atoms with E-state index in [4.69, 9.17) is 4.74 Å². The number of hydrogen-bond acceptors (Lipinski definition) is 6. The Morgan fingerprint density at radius 3 is 2.47 bits per heavy atom. The highest BCUT2D eigenvalue weighted by Gasteiger charge is 2.13. The fourth-order valence-electron chi connectivity index (χ4n) is 3.41. The maximum atomic E-state index is 12.5. The minimum Gasteiger partial charge on any atom is -0.487 e. The third kappa shape index (κ3) is 4.62. The van der Waals surface area contributed by atoms with Gasteiger partial charge in [-0.3, -0.25) is 20.4 Å². The molecule has 0 aliphatic rings. The van der Waals surface area contributed by atoms with Crippen LogP contribution in [0, 0.1) is 13.8 Å². The molecule has 9 heteroatoms. The Bertz CT molecular complexity index is 1290. The Morgan fingerprint density at radius 2 is 1.78 bits per heavy atom. The molecule has 2 amide bonds. The molecule has 4 aromatic rings. The van der Waals surface area contributed by atoms with Crippen molar-refractivity contribution >= 4 is 34.2 Å². The van der Waals surface area contributed by atoms with Gasteiger partial charge >= 0.3 is 0 Å². The topological polar surface area (TPSA) is 98.1 Å². The maximum absolute atomic E-state index is 12.5. The number of fused-ring (bicyclic) bond motifs is 1. The summed E-state index contributed by atoms with van der Waals surface area (Å²) in [5.74, 6) is 0.568. The zero-order valence-corrected chi connectivity index (χ0v) is 18.8. The van der Waals surface area contributed by atoms with Gasteiger partial charge in [-0.15, -0.1) is 11.3 Å².